The van der Waals surface area contributed by atoms with Crippen LogP contribution in [-0.4, -0.2) is 70.2 Å². The molecule has 2 aliphatic heterocycles. The Morgan fingerprint density at radius 2 is 1.84 bits per heavy atom. The standard InChI is InChI=1S/C23H34N4O3S/c1-15-14-25(17-7-8-17)11-10-19-21(15)24-22(31-19)27-13-12-26(23(27)30)18-5-2-16(3-6-18)4-9-20(28)29/h15-18H,2-14H2,1H3,(H,28,29)/t15?,16-,18-. The van der Waals surface area contributed by atoms with Gasteiger partial charge in [0, 0.05) is 55.5 Å². The van der Waals surface area contributed by atoms with Gasteiger partial charge in [-0.1, -0.05) is 6.92 Å². The lowest BCUT2D eigenvalue weighted by atomic mass is 9.83. The zero-order chi connectivity index (χ0) is 21.5. The fraction of sp³-hybridized carbons (Fsp3) is 0.783. The first-order valence-electron chi connectivity index (χ1n) is 12.0. The number of carbonyl (C=O) groups excluding carboxylic acids is 1. The first-order valence-corrected chi connectivity index (χ1v) is 12.8. The third kappa shape index (κ3) is 4.46. The van der Waals surface area contributed by atoms with Crippen molar-refractivity contribution in [2.45, 2.75) is 82.7 Å². The van der Waals surface area contributed by atoms with E-state index in [0.29, 0.717) is 17.9 Å². The van der Waals surface area contributed by atoms with Crippen molar-refractivity contribution in [3.63, 3.8) is 0 Å². The van der Waals surface area contributed by atoms with Crippen molar-refractivity contribution in [2.75, 3.05) is 31.1 Å². The minimum Gasteiger partial charge on any atom is -0.481 e. The number of carboxylic acid groups (broad SMARTS) is 1. The summed E-state index contributed by atoms with van der Waals surface area (Å²) in [6.45, 7) is 6.00. The average molecular weight is 447 g/mol. The van der Waals surface area contributed by atoms with Gasteiger partial charge in [-0.2, -0.15) is 0 Å². The molecule has 1 aromatic heterocycles. The zero-order valence-corrected chi connectivity index (χ0v) is 19.3. The highest BCUT2D eigenvalue weighted by Gasteiger charge is 2.39. The minimum absolute atomic E-state index is 0.116. The molecule has 2 amide bonds. The van der Waals surface area contributed by atoms with Crippen LogP contribution in [0.3, 0.4) is 0 Å². The maximum absolute atomic E-state index is 13.2. The van der Waals surface area contributed by atoms with Gasteiger partial charge in [0.15, 0.2) is 5.13 Å². The number of nitrogens with zero attached hydrogens (tertiary/aromatic N) is 4. The smallest absolute Gasteiger partial charge is 0.326 e. The fourth-order valence-corrected chi connectivity index (χ4v) is 6.91. The van der Waals surface area contributed by atoms with Gasteiger partial charge in [-0.05, 0) is 57.3 Å². The SMILES string of the molecule is CC1CN(C2CC2)CCc2sc(N3CCN([C@H]4CC[C@H](CCC(=O)O)CC4)C3=O)nc21. The number of urea groups is 1. The Bertz CT molecular complexity index is 831. The van der Waals surface area contributed by atoms with E-state index in [0.717, 1.165) is 75.9 Å². The van der Waals surface area contributed by atoms with Crippen LogP contribution in [0.25, 0.3) is 0 Å². The minimum atomic E-state index is -0.705. The molecule has 4 aliphatic rings. The molecule has 2 saturated carbocycles. The number of anilines is 1. The molecular formula is C23H34N4O3S. The molecule has 1 aromatic rings. The molecule has 0 bridgehead atoms. The first kappa shape index (κ1) is 21.2. The largest absolute Gasteiger partial charge is 0.481 e. The number of aromatic nitrogens is 1. The van der Waals surface area contributed by atoms with Crippen molar-refractivity contribution in [2.24, 2.45) is 5.92 Å². The maximum atomic E-state index is 13.2. The van der Waals surface area contributed by atoms with Gasteiger partial charge in [-0.3, -0.25) is 14.6 Å². The fourth-order valence-electron chi connectivity index (χ4n) is 5.72. The predicted molar refractivity (Wildman–Crippen MR) is 121 cm³/mol. The van der Waals surface area contributed by atoms with Crippen LogP contribution in [-0.2, 0) is 11.2 Å². The van der Waals surface area contributed by atoms with Gasteiger partial charge < -0.3 is 10.0 Å². The molecule has 31 heavy (non-hydrogen) atoms. The average Bonchev–Trinajstić information content (AvgIpc) is 3.44. The summed E-state index contributed by atoms with van der Waals surface area (Å²) in [6.07, 6.45) is 8.82. The van der Waals surface area contributed by atoms with Crippen molar-refractivity contribution in [3.05, 3.63) is 10.6 Å². The van der Waals surface area contributed by atoms with E-state index in [9.17, 15) is 9.59 Å². The third-order valence-corrected chi connectivity index (χ3v) is 8.83. The topological polar surface area (TPSA) is 77.0 Å². The van der Waals surface area contributed by atoms with Crippen LogP contribution in [0.4, 0.5) is 9.93 Å². The predicted octanol–water partition coefficient (Wildman–Crippen LogP) is 3.93. The van der Waals surface area contributed by atoms with Gasteiger partial charge in [0.2, 0.25) is 0 Å². The molecule has 1 unspecified atom stereocenters. The Labute approximate surface area is 188 Å². The monoisotopic (exact) mass is 446 g/mol. The van der Waals surface area contributed by atoms with E-state index in [2.05, 4.69) is 16.7 Å². The maximum Gasteiger partial charge on any atom is 0.326 e. The number of fused-ring (bicyclic) bond motifs is 1. The highest BCUT2D eigenvalue weighted by molar-refractivity contribution is 7.16. The summed E-state index contributed by atoms with van der Waals surface area (Å²) in [7, 11) is 0. The van der Waals surface area contributed by atoms with Gasteiger partial charge in [0.05, 0.1) is 5.69 Å². The number of hydrogen-bond acceptors (Lipinski definition) is 5. The Morgan fingerprint density at radius 1 is 1.10 bits per heavy atom. The number of carboxylic acids is 1. The van der Waals surface area contributed by atoms with Crippen molar-refractivity contribution < 1.29 is 14.7 Å². The van der Waals surface area contributed by atoms with E-state index < -0.39 is 5.97 Å². The number of carbonyl (C=O) groups is 2. The molecule has 1 atom stereocenters. The first-order chi connectivity index (χ1) is 15.0. The summed E-state index contributed by atoms with van der Waals surface area (Å²) >= 11 is 1.73. The van der Waals surface area contributed by atoms with Crippen molar-refractivity contribution in [3.8, 4) is 0 Å². The molecule has 1 N–H and O–H groups in total. The molecule has 2 aliphatic carbocycles. The van der Waals surface area contributed by atoms with Crippen LogP contribution in [0.1, 0.15) is 74.8 Å². The molecule has 7 nitrogen and oxygen atoms in total. The van der Waals surface area contributed by atoms with Gasteiger partial charge in [0.1, 0.15) is 0 Å². The zero-order valence-electron chi connectivity index (χ0n) is 18.5. The molecule has 8 heteroatoms. The molecule has 0 radical (unpaired) electrons. The van der Waals surface area contributed by atoms with Crippen LogP contribution in [0, 0.1) is 5.92 Å². The summed E-state index contributed by atoms with van der Waals surface area (Å²) in [6, 6.07) is 1.21. The lowest BCUT2D eigenvalue weighted by Crippen LogP contribution is -2.41. The lowest BCUT2D eigenvalue weighted by molar-refractivity contribution is -0.137. The Morgan fingerprint density at radius 3 is 2.55 bits per heavy atom. The highest BCUT2D eigenvalue weighted by Crippen LogP contribution is 2.39. The quantitative estimate of drug-likeness (QED) is 0.716. The lowest BCUT2D eigenvalue weighted by Gasteiger charge is -2.34. The molecule has 1 saturated heterocycles. The molecule has 3 heterocycles. The Kier molecular flexibility index (Phi) is 5.94. The summed E-state index contributed by atoms with van der Waals surface area (Å²) in [5, 5.41) is 9.80. The molecule has 0 spiro atoms. The van der Waals surface area contributed by atoms with Crippen molar-refractivity contribution >= 4 is 28.5 Å². The normalized spacial score (nSPS) is 29.8. The van der Waals surface area contributed by atoms with E-state index >= 15 is 0 Å². The summed E-state index contributed by atoms with van der Waals surface area (Å²) < 4.78 is 0. The van der Waals surface area contributed by atoms with Gasteiger partial charge >= 0.3 is 12.0 Å². The van der Waals surface area contributed by atoms with Gasteiger partial charge in [0.25, 0.3) is 0 Å². The van der Waals surface area contributed by atoms with Crippen molar-refractivity contribution in [1.29, 1.82) is 0 Å². The van der Waals surface area contributed by atoms with E-state index in [1.165, 1.54) is 23.4 Å². The number of aliphatic carboxylic acids is 1. The molecular weight excluding hydrogens is 412 g/mol. The van der Waals surface area contributed by atoms with Crippen LogP contribution >= 0.6 is 11.3 Å². The van der Waals surface area contributed by atoms with E-state index in [1.54, 1.807) is 11.3 Å². The summed E-state index contributed by atoms with van der Waals surface area (Å²) in [4.78, 5) is 37.0. The summed E-state index contributed by atoms with van der Waals surface area (Å²) in [5.74, 6) is 0.217. The van der Waals surface area contributed by atoms with Crippen LogP contribution in [0.15, 0.2) is 0 Å². The van der Waals surface area contributed by atoms with E-state index in [-0.39, 0.29) is 12.5 Å². The molecule has 5 rings (SSSR count). The second-order valence-electron chi connectivity index (χ2n) is 9.92. The van der Waals surface area contributed by atoms with Crippen LogP contribution < -0.4 is 4.90 Å². The van der Waals surface area contributed by atoms with E-state index in [1.807, 2.05) is 4.90 Å². The Balaban J connectivity index is 1.20. The van der Waals surface area contributed by atoms with Crippen LogP contribution in [0.5, 0.6) is 0 Å². The van der Waals surface area contributed by atoms with Gasteiger partial charge in [-0.15, -0.1) is 11.3 Å². The Hall–Kier alpha value is -1.67. The van der Waals surface area contributed by atoms with Gasteiger partial charge in [-0.25, -0.2) is 9.78 Å². The number of amides is 2. The third-order valence-electron chi connectivity index (χ3n) is 7.68. The molecule has 0 aromatic carbocycles. The second kappa shape index (κ2) is 8.70. The van der Waals surface area contributed by atoms with E-state index in [4.69, 9.17) is 10.1 Å². The highest BCUT2D eigenvalue weighted by atomic mass is 32.1. The number of thiazole rings is 1. The number of rotatable bonds is 6. The number of hydrogen-bond donors (Lipinski definition) is 1. The second-order valence-corrected chi connectivity index (χ2v) is 11.0. The summed E-state index contributed by atoms with van der Waals surface area (Å²) in [5.41, 5.74) is 1.22. The molecule has 170 valence electrons. The molecule has 3 fully saturated rings. The van der Waals surface area contributed by atoms with Crippen molar-refractivity contribution in [1.82, 2.24) is 14.8 Å². The van der Waals surface area contributed by atoms with Crippen LogP contribution in [0.2, 0.25) is 0 Å².